The molecule has 0 aliphatic carbocycles. The minimum atomic E-state index is -0.528. The van der Waals surface area contributed by atoms with Crippen LogP contribution in [0.3, 0.4) is 0 Å². The maximum atomic E-state index is 14.5. The smallest absolute Gasteiger partial charge is 0.410 e. The summed E-state index contributed by atoms with van der Waals surface area (Å²) in [6.07, 6.45) is 1.53. The van der Waals surface area contributed by atoms with Gasteiger partial charge < -0.3 is 14.4 Å². The van der Waals surface area contributed by atoms with Crippen molar-refractivity contribution in [1.82, 2.24) is 14.5 Å². The molecule has 6 nitrogen and oxygen atoms in total. The fraction of sp³-hybridized carbons (Fsp3) is 0.440. The highest BCUT2D eigenvalue weighted by Crippen LogP contribution is 2.28. The second kappa shape index (κ2) is 9.59. The topological polar surface area (TPSA) is 56.6 Å². The standard InChI is InChI=1S/C25H29ClFN3O3/c1-25(2,3)33-24(31)29-13-7-8-17(14-29)16-32-23-28-21-11-4-5-12-22(21)30(23)15-18-19(26)9-6-10-20(18)27/h4-6,9-12,17H,7-8,13-16H2,1-3H3/t17-/m1/s1. The van der Waals surface area contributed by atoms with Gasteiger partial charge in [-0.2, -0.15) is 4.98 Å². The van der Waals surface area contributed by atoms with Crippen LogP contribution in [-0.4, -0.2) is 45.8 Å². The number of rotatable bonds is 5. The fourth-order valence-corrected chi connectivity index (χ4v) is 4.27. The average Bonchev–Trinajstić information content (AvgIpc) is 3.11. The summed E-state index contributed by atoms with van der Waals surface area (Å²) < 4.78 is 28.0. The van der Waals surface area contributed by atoms with Crippen molar-refractivity contribution in [3.8, 4) is 6.01 Å². The molecule has 1 atom stereocenters. The molecule has 8 heteroatoms. The number of amides is 1. The first-order valence-electron chi connectivity index (χ1n) is 11.2. The first kappa shape index (κ1) is 23.4. The number of piperidine rings is 1. The lowest BCUT2D eigenvalue weighted by molar-refractivity contribution is 0.0136. The zero-order chi connectivity index (χ0) is 23.6. The van der Waals surface area contributed by atoms with Crippen LogP contribution in [0.15, 0.2) is 42.5 Å². The maximum Gasteiger partial charge on any atom is 0.410 e. The van der Waals surface area contributed by atoms with Gasteiger partial charge in [0.05, 0.1) is 24.2 Å². The number of imidazole rings is 1. The van der Waals surface area contributed by atoms with E-state index in [2.05, 4.69) is 4.98 Å². The molecule has 2 aromatic carbocycles. The Morgan fingerprint density at radius 1 is 1.21 bits per heavy atom. The molecule has 33 heavy (non-hydrogen) atoms. The predicted octanol–water partition coefficient (Wildman–Crippen LogP) is 5.90. The second-order valence-corrected chi connectivity index (χ2v) is 9.82. The number of carbonyl (C=O) groups is 1. The number of fused-ring (bicyclic) bond motifs is 1. The number of likely N-dealkylation sites (tertiary alicyclic amines) is 1. The Morgan fingerprint density at radius 3 is 2.76 bits per heavy atom. The van der Waals surface area contributed by atoms with Gasteiger partial charge in [-0.15, -0.1) is 0 Å². The number of ether oxygens (including phenoxy) is 2. The molecule has 0 saturated carbocycles. The van der Waals surface area contributed by atoms with Gasteiger partial charge in [-0.05, 0) is 57.9 Å². The molecule has 1 aliphatic rings. The first-order valence-corrected chi connectivity index (χ1v) is 11.6. The van der Waals surface area contributed by atoms with Crippen LogP contribution in [0.1, 0.15) is 39.2 Å². The Labute approximate surface area is 198 Å². The first-order chi connectivity index (χ1) is 15.7. The summed E-state index contributed by atoms with van der Waals surface area (Å²) in [7, 11) is 0. The summed E-state index contributed by atoms with van der Waals surface area (Å²) in [5, 5.41) is 0.360. The van der Waals surface area contributed by atoms with E-state index in [9.17, 15) is 9.18 Å². The van der Waals surface area contributed by atoms with E-state index in [4.69, 9.17) is 21.1 Å². The lowest BCUT2D eigenvalue weighted by Gasteiger charge is -2.33. The van der Waals surface area contributed by atoms with Crippen LogP contribution in [0.25, 0.3) is 11.0 Å². The van der Waals surface area contributed by atoms with Crippen molar-refractivity contribution in [2.75, 3.05) is 19.7 Å². The van der Waals surface area contributed by atoms with E-state index in [1.54, 1.807) is 17.0 Å². The van der Waals surface area contributed by atoms with Gasteiger partial charge in [0, 0.05) is 29.6 Å². The highest BCUT2D eigenvalue weighted by molar-refractivity contribution is 6.31. The summed E-state index contributed by atoms with van der Waals surface area (Å²) in [6, 6.07) is 12.7. The van der Waals surface area contributed by atoms with E-state index >= 15 is 0 Å². The minimum Gasteiger partial charge on any atom is -0.464 e. The Morgan fingerprint density at radius 2 is 2.00 bits per heavy atom. The monoisotopic (exact) mass is 473 g/mol. The van der Waals surface area contributed by atoms with Gasteiger partial charge in [0.2, 0.25) is 0 Å². The molecule has 1 fully saturated rings. The highest BCUT2D eigenvalue weighted by atomic mass is 35.5. The van der Waals surface area contributed by atoms with Crippen molar-refractivity contribution >= 4 is 28.7 Å². The lowest BCUT2D eigenvalue weighted by atomic mass is 9.99. The summed E-state index contributed by atoms with van der Waals surface area (Å²) in [5.41, 5.74) is 1.46. The molecular weight excluding hydrogens is 445 g/mol. The molecule has 4 rings (SSSR count). The Kier molecular flexibility index (Phi) is 6.79. The van der Waals surface area contributed by atoms with Crippen molar-refractivity contribution in [2.24, 2.45) is 5.92 Å². The molecule has 0 bridgehead atoms. The van der Waals surface area contributed by atoms with Crippen LogP contribution in [0.5, 0.6) is 6.01 Å². The van der Waals surface area contributed by atoms with Crippen LogP contribution < -0.4 is 4.74 Å². The van der Waals surface area contributed by atoms with Gasteiger partial charge >= 0.3 is 6.09 Å². The van der Waals surface area contributed by atoms with E-state index in [1.807, 2.05) is 49.6 Å². The highest BCUT2D eigenvalue weighted by Gasteiger charge is 2.28. The number of halogens is 2. The Bertz CT molecular complexity index is 1120. The number of hydrogen-bond donors (Lipinski definition) is 0. The van der Waals surface area contributed by atoms with Crippen molar-refractivity contribution in [2.45, 2.75) is 45.8 Å². The summed E-state index contributed by atoms with van der Waals surface area (Å²) in [6.45, 7) is 7.43. The third-order valence-electron chi connectivity index (χ3n) is 5.62. The maximum absolute atomic E-state index is 14.5. The quantitative estimate of drug-likeness (QED) is 0.462. The molecule has 0 radical (unpaired) electrons. The Balaban J connectivity index is 1.51. The van der Waals surface area contributed by atoms with E-state index in [0.717, 1.165) is 23.9 Å². The van der Waals surface area contributed by atoms with Gasteiger partial charge in [-0.3, -0.25) is 4.57 Å². The minimum absolute atomic E-state index is 0.150. The molecule has 0 N–H and O–H groups in total. The van der Waals surface area contributed by atoms with Gasteiger partial charge in [0.15, 0.2) is 0 Å². The molecule has 0 unspecified atom stereocenters. The number of para-hydroxylation sites is 2. The molecule has 176 valence electrons. The van der Waals surface area contributed by atoms with Crippen molar-refractivity contribution in [3.63, 3.8) is 0 Å². The summed E-state index contributed by atoms with van der Waals surface area (Å²) in [5.74, 6) is -0.219. The van der Waals surface area contributed by atoms with Crippen LogP contribution in [0, 0.1) is 11.7 Å². The van der Waals surface area contributed by atoms with Crippen molar-refractivity contribution in [3.05, 3.63) is 58.9 Å². The largest absolute Gasteiger partial charge is 0.464 e. The normalized spacial score (nSPS) is 16.8. The third-order valence-corrected chi connectivity index (χ3v) is 5.97. The molecule has 3 aromatic rings. The number of benzene rings is 2. The third kappa shape index (κ3) is 5.58. The SMILES string of the molecule is CC(C)(C)OC(=O)N1CCC[C@@H](COc2nc3ccccc3n2Cc2c(F)cccc2Cl)C1. The van der Waals surface area contributed by atoms with E-state index in [-0.39, 0.29) is 24.4 Å². The summed E-state index contributed by atoms with van der Waals surface area (Å²) in [4.78, 5) is 18.8. The molecule has 2 heterocycles. The van der Waals surface area contributed by atoms with Crippen molar-refractivity contribution in [1.29, 1.82) is 0 Å². The molecule has 1 saturated heterocycles. The fourth-order valence-electron chi connectivity index (χ4n) is 4.04. The number of nitrogens with zero attached hydrogens (tertiary/aromatic N) is 3. The number of carbonyl (C=O) groups excluding carboxylic acids is 1. The van der Waals surface area contributed by atoms with Gasteiger partial charge in [-0.25, -0.2) is 9.18 Å². The molecule has 0 spiro atoms. The molecule has 1 amide bonds. The van der Waals surface area contributed by atoms with Crippen LogP contribution in [0.4, 0.5) is 9.18 Å². The Hall–Kier alpha value is -2.80. The van der Waals surface area contributed by atoms with E-state index in [1.165, 1.54) is 6.07 Å². The molecule has 1 aliphatic heterocycles. The van der Waals surface area contributed by atoms with Gasteiger partial charge in [0.1, 0.15) is 11.4 Å². The van der Waals surface area contributed by atoms with Crippen LogP contribution in [0.2, 0.25) is 5.02 Å². The molecular formula is C25H29ClFN3O3. The molecule has 1 aromatic heterocycles. The van der Waals surface area contributed by atoms with Gasteiger partial charge in [-0.1, -0.05) is 29.8 Å². The number of hydrogen-bond acceptors (Lipinski definition) is 4. The van der Waals surface area contributed by atoms with E-state index < -0.39 is 5.60 Å². The second-order valence-electron chi connectivity index (χ2n) is 9.42. The lowest BCUT2D eigenvalue weighted by Crippen LogP contribution is -2.44. The van der Waals surface area contributed by atoms with Crippen molar-refractivity contribution < 1.29 is 18.7 Å². The van der Waals surface area contributed by atoms with Crippen LogP contribution in [-0.2, 0) is 11.3 Å². The van der Waals surface area contributed by atoms with Gasteiger partial charge in [0.25, 0.3) is 6.01 Å². The van der Waals surface area contributed by atoms with Crippen LogP contribution >= 0.6 is 11.6 Å². The number of aromatic nitrogens is 2. The van der Waals surface area contributed by atoms with E-state index in [0.29, 0.717) is 36.3 Å². The zero-order valence-corrected chi connectivity index (χ0v) is 19.9. The average molecular weight is 474 g/mol. The zero-order valence-electron chi connectivity index (χ0n) is 19.2. The summed E-state index contributed by atoms with van der Waals surface area (Å²) >= 11 is 6.28. The predicted molar refractivity (Wildman–Crippen MR) is 126 cm³/mol.